The minimum atomic E-state index is 0.276. The Morgan fingerprint density at radius 2 is 1.69 bits per heavy atom. The van der Waals surface area contributed by atoms with Crippen LogP contribution in [-0.4, -0.2) is 17.3 Å². The maximum atomic E-state index is 11.4. The molecule has 0 spiro atoms. The van der Waals surface area contributed by atoms with E-state index in [1.807, 2.05) is 0 Å². The van der Waals surface area contributed by atoms with Gasteiger partial charge in [0.15, 0.2) is 0 Å². The molecule has 1 N–H and O–H groups in total. The van der Waals surface area contributed by atoms with Gasteiger partial charge in [0, 0.05) is 17.3 Å². The third kappa shape index (κ3) is 2.60. The van der Waals surface area contributed by atoms with Crippen LogP contribution in [0, 0.1) is 5.92 Å². The first kappa shape index (κ1) is 9.32. The van der Waals surface area contributed by atoms with Crippen LogP contribution in [0.2, 0.25) is 0 Å². The van der Waals surface area contributed by atoms with Gasteiger partial charge in [0.2, 0.25) is 5.91 Å². The van der Waals surface area contributed by atoms with E-state index in [4.69, 9.17) is 11.6 Å². The Morgan fingerprint density at radius 3 is 2.23 bits per heavy atom. The molecule has 13 heavy (non-hydrogen) atoms. The maximum absolute atomic E-state index is 11.4. The lowest BCUT2D eigenvalue weighted by atomic mass is 9.95. The molecular weight excluding hydrogens is 186 g/mol. The third-order valence-electron chi connectivity index (χ3n) is 2.95. The van der Waals surface area contributed by atoms with Crippen LogP contribution in [0.25, 0.3) is 0 Å². The predicted molar refractivity (Wildman–Crippen MR) is 52.8 cm³/mol. The first-order valence-corrected chi connectivity index (χ1v) is 5.64. The summed E-state index contributed by atoms with van der Waals surface area (Å²) in [5, 5.41) is 3.45. The molecule has 2 aliphatic carbocycles. The lowest BCUT2D eigenvalue weighted by molar-refractivity contribution is -0.123. The number of amides is 1. The highest BCUT2D eigenvalue weighted by Gasteiger charge is 2.31. The summed E-state index contributed by atoms with van der Waals surface area (Å²) in [6, 6.07) is 0.406. The highest BCUT2D eigenvalue weighted by atomic mass is 35.5. The number of carbonyl (C=O) groups is 1. The van der Waals surface area contributed by atoms with Gasteiger partial charge in [-0.2, -0.15) is 0 Å². The van der Waals surface area contributed by atoms with Crippen molar-refractivity contribution in [2.24, 2.45) is 5.92 Å². The van der Waals surface area contributed by atoms with Crippen molar-refractivity contribution in [2.45, 2.75) is 49.9 Å². The molecule has 0 heterocycles. The zero-order chi connectivity index (χ0) is 9.26. The molecule has 0 aliphatic heterocycles. The molecule has 0 radical (unpaired) electrons. The van der Waals surface area contributed by atoms with E-state index in [0.717, 1.165) is 38.5 Å². The summed E-state index contributed by atoms with van der Waals surface area (Å²) >= 11 is 5.98. The van der Waals surface area contributed by atoms with E-state index < -0.39 is 0 Å². The second kappa shape index (κ2) is 3.87. The molecule has 0 unspecified atom stereocenters. The van der Waals surface area contributed by atoms with E-state index in [-0.39, 0.29) is 5.91 Å². The van der Waals surface area contributed by atoms with Crippen LogP contribution in [0.5, 0.6) is 0 Å². The van der Waals surface area contributed by atoms with Crippen LogP contribution >= 0.6 is 11.6 Å². The van der Waals surface area contributed by atoms with E-state index in [2.05, 4.69) is 5.32 Å². The third-order valence-corrected chi connectivity index (χ3v) is 3.39. The minimum absolute atomic E-state index is 0.276. The highest BCUT2D eigenvalue weighted by Crippen LogP contribution is 2.30. The molecule has 0 aromatic rings. The summed E-state index contributed by atoms with van der Waals surface area (Å²) in [5.41, 5.74) is 0. The molecular formula is C10H16ClNO. The Labute approximate surface area is 84.0 Å². The van der Waals surface area contributed by atoms with Crippen LogP contribution < -0.4 is 5.32 Å². The van der Waals surface area contributed by atoms with Gasteiger partial charge in [0.25, 0.3) is 0 Å². The van der Waals surface area contributed by atoms with Gasteiger partial charge in [-0.1, -0.05) is 0 Å². The van der Waals surface area contributed by atoms with Crippen molar-refractivity contribution >= 4 is 17.5 Å². The van der Waals surface area contributed by atoms with Crippen molar-refractivity contribution in [1.29, 1.82) is 0 Å². The van der Waals surface area contributed by atoms with Crippen molar-refractivity contribution in [3.63, 3.8) is 0 Å². The van der Waals surface area contributed by atoms with E-state index in [9.17, 15) is 4.79 Å². The number of halogens is 1. The fraction of sp³-hybridized carbons (Fsp3) is 0.900. The smallest absolute Gasteiger partial charge is 0.223 e. The summed E-state index contributed by atoms with van der Waals surface area (Å²) in [6.45, 7) is 0. The summed E-state index contributed by atoms with van der Waals surface area (Å²) in [7, 11) is 0. The Kier molecular flexibility index (Phi) is 2.77. The number of hydrogen-bond donors (Lipinski definition) is 1. The zero-order valence-corrected chi connectivity index (χ0v) is 8.52. The van der Waals surface area contributed by atoms with Crippen LogP contribution in [0.4, 0.5) is 0 Å². The van der Waals surface area contributed by atoms with Crippen molar-refractivity contribution in [3.05, 3.63) is 0 Å². The van der Waals surface area contributed by atoms with Gasteiger partial charge >= 0.3 is 0 Å². The molecule has 1 amide bonds. The summed E-state index contributed by atoms with van der Waals surface area (Å²) in [4.78, 5) is 11.4. The van der Waals surface area contributed by atoms with Gasteiger partial charge < -0.3 is 5.32 Å². The Bertz CT molecular complexity index is 195. The second-order valence-corrected chi connectivity index (χ2v) is 4.85. The van der Waals surface area contributed by atoms with E-state index in [1.54, 1.807) is 0 Å². The maximum Gasteiger partial charge on any atom is 0.223 e. The molecule has 2 fully saturated rings. The molecule has 2 nitrogen and oxygen atoms in total. The predicted octanol–water partition coefficient (Wildman–Crippen LogP) is 2.06. The molecule has 2 aliphatic rings. The van der Waals surface area contributed by atoms with Crippen molar-refractivity contribution in [3.8, 4) is 0 Å². The normalized spacial score (nSPS) is 34.2. The Balaban J connectivity index is 1.72. The monoisotopic (exact) mass is 201 g/mol. The highest BCUT2D eigenvalue weighted by molar-refractivity contribution is 6.20. The summed E-state index contributed by atoms with van der Waals surface area (Å²) in [5.74, 6) is 0.617. The molecule has 2 rings (SSSR count). The quantitative estimate of drug-likeness (QED) is 0.681. The van der Waals surface area contributed by atoms with Crippen molar-refractivity contribution in [2.75, 3.05) is 0 Å². The molecule has 3 heteroatoms. The fourth-order valence-electron chi connectivity index (χ4n) is 1.86. The van der Waals surface area contributed by atoms with E-state index >= 15 is 0 Å². The number of nitrogens with one attached hydrogen (secondary N) is 1. The van der Waals surface area contributed by atoms with Crippen molar-refractivity contribution < 1.29 is 4.79 Å². The van der Waals surface area contributed by atoms with Gasteiger partial charge in [-0.25, -0.2) is 0 Å². The molecule has 2 saturated carbocycles. The molecule has 0 aromatic heterocycles. The topological polar surface area (TPSA) is 29.1 Å². The van der Waals surface area contributed by atoms with Crippen LogP contribution in [0.3, 0.4) is 0 Å². The number of rotatable bonds is 2. The number of alkyl halides is 1. The summed E-state index contributed by atoms with van der Waals surface area (Å²) < 4.78 is 0. The first-order valence-electron chi connectivity index (χ1n) is 5.20. The molecule has 0 saturated heterocycles. The van der Waals surface area contributed by atoms with Crippen LogP contribution in [0.15, 0.2) is 0 Å². The lowest BCUT2D eigenvalue weighted by Crippen LogP contribution is -2.38. The molecule has 74 valence electrons. The average Bonchev–Trinajstić information content (AvgIpc) is 2.91. The summed E-state index contributed by atoms with van der Waals surface area (Å²) in [6.07, 6.45) is 6.42. The largest absolute Gasteiger partial charge is 0.353 e. The Morgan fingerprint density at radius 1 is 1.08 bits per heavy atom. The molecule has 0 bridgehead atoms. The molecule has 0 aromatic carbocycles. The van der Waals surface area contributed by atoms with Crippen molar-refractivity contribution in [1.82, 2.24) is 5.32 Å². The Hall–Kier alpha value is -0.240. The van der Waals surface area contributed by atoms with Gasteiger partial charge in [-0.15, -0.1) is 11.6 Å². The second-order valence-electron chi connectivity index (χ2n) is 4.23. The number of hydrogen-bond acceptors (Lipinski definition) is 1. The first-order chi connectivity index (χ1) is 6.25. The lowest BCUT2D eigenvalue weighted by Gasteiger charge is -2.25. The average molecular weight is 202 g/mol. The van der Waals surface area contributed by atoms with Crippen LogP contribution in [-0.2, 0) is 4.79 Å². The van der Waals surface area contributed by atoms with E-state index in [1.165, 1.54) is 0 Å². The fourth-order valence-corrected chi connectivity index (χ4v) is 2.11. The standard InChI is InChI=1S/C10H16ClNO/c11-8-3-5-9(6-4-8)12-10(13)7-1-2-7/h7-9H,1-6H2,(H,12,13). The molecule has 0 atom stereocenters. The zero-order valence-electron chi connectivity index (χ0n) is 7.76. The van der Waals surface area contributed by atoms with Gasteiger partial charge in [0.1, 0.15) is 0 Å². The van der Waals surface area contributed by atoms with Gasteiger partial charge in [0.05, 0.1) is 0 Å². The van der Waals surface area contributed by atoms with E-state index in [0.29, 0.717) is 17.3 Å². The minimum Gasteiger partial charge on any atom is -0.353 e. The van der Waals surface area contributed by atoms with Gasteiger partial charge in [-0.05, 0) is 38.5 Å². The SMILES string of the molecule is O=C(NC1CCC(Cl)CC1)C1CC1. The number of carbonyl (C=O) groups excluding carboxylic acids is 1. The van der Waals surface area contributed by atoms with Gasteiger partial charge in [-0.3, -0.25) is 4.79 Å². The van der Waals surface area contributed by atoms with Crippen LogP contribution in [0.1, 0.15) is 38.5 Å².